The lowest BCUT2D eigenvalue weighted by atomic mass is 9.88. The van der Waals surface area contributed by atoms with Crippen LogP contribution in [-0.2, 0) is 16.0 Å². The van der Waals surface area contributed by atoms with E-state index < -0.39 is 18.2 Å². The van der Waals surface area contributed by atoms with Gasteiger partial charge in [-0.1, -0.05) is 66.6 Å². The van der Waals surface area contributed by atoms with E-state index >= 15 is 0 Å². The van der Waals surface area contributed by atoms with E-state index in [1.54, 1.807) is 0 Å². The first-order valence-corrected chi connectivity index (χ1v) is 17.7. The number of para-hydroxylation sites is 1. The van der Waals surface area contributed by atoms with Gasteiger partial charge in [-0.25, -0.2) is 9.59 Å². The van der Waals surface area contributed by atoms with Crippen LogP contribution >= 0.6 is 11.6 Å². The van der Waals surface area contributed by atoms with Gasteiger partial charge in [0, 0.05) is 59.9 Å². The number of alkyl halides is 3. The van der Waals surface area contributed by atoms with Gasteiger partial charge in [0.1, 0.15) is 6.04 Å². The van der Waals surface area contributed by atoms with Crippen LogP contribution in [0.4, 0.5) is 23.7 Å². The fourth-order valence-electron chi connectivity index (χ4n) is 7.26. The third-order valence-corrected chi connectivity index (χ3v) is 10.1. The first-order valence-electron chi connectivity index (χ1n) is 17.3. The van der Waals surface area contributed by atoms with Crippen LogP contribution < -0.4 is 10.2 Å². The Morgan fingerprint density at radius 1 is 1.04 bits per heavy atom. The Morgan fingerprint density at radius 2 is 1.69 bits per heavy atom. The molecule has 0 aliphatic carbocycles. The van der Waals surface area contributed by atoms with Crippen LogP contribution in [0, 0.1) is 12.8 Å². The number of hydrogen-bond donors (Lipinski definition) is 3. The van der Waals surface area contributed by atoms with Crippen molar-refractivity contribution >= 4 is 46.1 Å². The molecule has 1 saturated heterocycles. The van der Waals surface area contributed by atoms with Gasteiger partial charge in [0.2, 0.25) is 5.91 Å². The van der Waals surface area contributed by atoms with Crippen molar-refractivity contribution in [2.75, 3.05) is 45.2 Å². The molecule has 3 heterocycles. The van der Waals surface area contributed by atoms with E-state index in [0.29, 0.717) is 30.6 Å². The smallest absolute Gasteiger partial charge is 0.475 e. The number of benzene rings is 3. The lowest BCUT2D eigenvalue weighted by molar-refractivity contribution is -0.192. The van der Waals surface area contributed by atoms with Crippen LogP contribution in [0.25, 0.3) is 10.9 Å². The zero-order valence-corrected chi connectivity index (χ0v) is 30.5. The number of aryl methyl sites for hydroxylation is 1. The molecule has 1 fully saturated rings. The summed E-state index contributed by atoms with van der Waals surface area (Å²) in [6.45, 7) is 6.89. The molecule has 2 aliphatic rings. The van der Waals surface area contributed by atoms with Gasteiger partial charge in [-0.15, -0.1) is 0 Å². The quantitative estimate of drug-likeness (QED) is 0.181. The first kappa shape index (κ1) is 38.7. The molecule has 0 radical (unpaired) electrons. The molecule has 1 aromatic heterocycles. The number of H-pyrrole nitrogens is 1. The standard InChI is InChI=1S/C37H44ClN5O2.C2HF3O2/c1-24-9-11-27(12-10-24)28-15-17-42(18-16-28)37(45)40-35(25(2)32-21-39-33-8-6-5-7-31(32)33)36(44)43-23-26(22-41(3)4)19-29-20-30(38)13-14-34(29)43;3-2(4,5)1(6)7/h5-14,20-21,25-26,28,35,39H,15-19,22-23H2,1-4H3,(H,40,45);(H,6,7)/t25?,26-,35?;/m1./s1. The van der Waals surface area contributed by atoms with Crippen molar-refractivity contribution in [3.8, 4) is 0 Å². The van der Waals surface area contributed by atoms with Gasteiger partial charge in [-0.3, -0.25) is 4.79 Å². The van der Waals surface area contributed by atoms with Crippen LogP contribution in [0.2, 0.25) is 5.02 Å². The van der Waals surface area contributed by atoms with Crippen molar-refractivity contribution in [2.45, 2.75) is 57.2 Å². The lowest BCUT2D eigenvalue weighted by Crippen LogP contribution is -2.57. The minimum absolute atomic E-state index is 0.0947. The summed E-state index contributed by atoms with van der Waals surface area (Å²) in [6, 6.07) is 21.7. The summed E-state index contributed by atoms with van der Waals surface area (Å²) < 4.78 is 31.7. The Hall–Kier alpha value is -4.55. The third kappa shape index (κ3) is 9.27. The average Bonchev–Trinajstić information content (AvgIpc) is 3.54. The van der Waals surface area contributed by atoms with Gasteiger partial charge in [-0.2, -0.15) is 13.2 Å². The van der Waals surface area contributed by atoms with Gasteiger partial charge in [0.15, 0.2) is 0 Å². The molecule has 3 amide bonds. The van der Waals surface area contributed by atoms with E-state index in [0.717, 1.165) is 53.5 Å². The molecule has 52 heavy (non-hydrogen) atoms. The molecule has 4 aromatic rings. The number of aromatic amines is 1. The lowest BCUT2D eigenvalue weighted by Gasteiger charge is -2.39. The van der Waals surface area contributed by atoms with Crippen molar-refractivity contribution in [3.05, 3.63) is 100 Å². The van der Waals surface area contributed by atoms with Crippen molar-refractivity contribution in [2.24, 2.45) is 5.92 Å². The number of carboxylic acids is 1. The van der Waals surface area contributed by atoms with E-state index in [-0.39, 0.29) is 23.8 Å². The number of piperidine rings is 1. The maximum atomic E-state index is 14.8. The van der Waals surface area contributed by atoms with Gasteiger partial charge in [0.05, 0.1) is 0 Å². The van der Waals surface area contributed by atoms with Crippen LogP contribution in [0.3, 0.4) is 0 Å². The zero-order chi connectivity index (χ0) is 37.7. The Bertz CT molecular complexity index is 1870. The fourth-order valence-corrected chi connectivity index (χ4v) is 7.45. The molecule has 2 unspecified atom stereocenters. The molecule has 3 N–H and O–H groups in total. The van der Waals surface area contributed by atoms with Gasteiger partial charge < -0.3 is 30.1 Å². The number of hydrogen-bond acceptors (Lipinski definition) is 4. The summed E-state index contributed by atoms with van der Waals surface area (Å²) in [7, 11) is 4.12. The van der Waals surface area contributed by atoms with Crippen molar-refractivity contribution in [1.82, 2.24) is 20.1 Å². The van der Waals surface area contributed by atoms with Crippen molar-refractivity contribution < 1.29 is 32.7 Å². The highest BCUT2D eigenvalue weighted by Gasteiger charge is 2.39. The number of urea groups is 1. The topological polar surface area (TPSA) is 109 Å². The van der Waals surface area contributed by atoms with E-state index in [1.165, 1.54) is 11.1 Å². The van der Waals surface area contributed by atoms with Gasteiger partial charge in [0.25, 0.3) is 0 Å². The number of anilines is 1. The van der Waals surface area contributed by atoms with Crippen LogP contribution in [0.15, 0.2) is 72.9 Å². The second-order valence-electron chi connectivity index (χ2n) is 14.0. The monoisotopic (exact) mass is 739 g/mol. The molecule has 278 valence electrons. The van der Waals surface area contributed by atoms with Crippen molar-refractivity contribution in [1.29, 1.82) is 0 Å². The number of aliphatic carboxylic acids is 1. The molecule has 6 rings (SSSR count). The molecule has 3 atom stereocenters. The minimum Gasteiger partial charge on any atom is -0.475 e. The average molecular weight is 740 g/mol. The predicted octanol–water partition coefficient (Wildman–Crippen LogP) is 7.59. The molecule has 0 bridgehead atoms. The number of carbonyl (C=O) groups excluding carboxylic acids is 2. The molecule has 0 spiro atoms. The van der Waals surface area contributed by atoms with E-state index in [1.807, 2.05) is 59.3 Å². The summed E-state index contributed by atoms with van der Waals surface area (Å²) in [4.78, 5) is 46.9. The summed E-state index contributed by atoms with van der Waals surface area (Å²) in [6.07, 6.45) is -0.449. The highest BCUT2D eigenvalue weighted by molar-refractivity contribution is 6.30. The number of amides is 3. The zero-order valence-electron chi connectivity index (χ0n) is 29.7. The van der Waals surface area contributed by atoms with Crippen molar-refractivity contribution in [3.63, 3.8) is 0 Å². The highest BCUT2D eigenvalue weighted by atomic mass is 35.5. The van der Waals surface area contributed by atoms with Gasteiger partial charge in [-0.05, 0) is 93.1 Å². The van der Waals surface area contributed by atoms with Crippen LogP contribution in [-0.4, -0.2) is 90.3 Å². The number of fused-ring (bicyclic) bond motifs is 2. The largest absolute Gasteiger partial charge is 0.490 e. The number of carbonyl (C=O) groups is 3. The first-order chi connectivity index (χ1) is 24.6. The molecular formula is C39H45ClF3N5O4. The maximum absolute atomic E-state index is 14.8. The summed E-state index contributed by atoms with van der Waals surface area (Å²) in [5.41, 5.74) is 6.56. The molecule has 2 aliphatic heterocycles. The second kappa shape index (κ2) is 16.4. The Balaban J connectivity index is 0.000000679. The molecule has 9 nitrogen and oxygen atoms in total. The number of aromatic nitrogens is 1. The number of rotatable bonds is 7. The Labute approximate surface area is 306 Å². The molecule has 0 saturated carbocycles. The van der Waals surface area contributed by atoms with Gasteiger partial charge >= 0.3 is 18.2 Å². The summed E-state index contributed by atoms with van der Waals surface area (Å²) in [5, 5.41) is 12.1. The third-order valence-electron chi connectivity index (χ3n) is 9.90. The van der Waals surface area contributed by atoms with Crippen LogP contribution in [0.5, 0.6) is 0 Å². The summed E-state index contributed by atoms with van der Waals surface area (Å²) in [5.74, 6) is -2.44. The van der Waals surface area contributed by atoms with E-state index in [9.17, 15) is 22.8 Å². The number of carboxylic acid groups (broad SMARTS) is 1. The normalized spacial score (nSPS) is 17.6. The number of halogens is 4. The molecule has 13 heteroatoms. The fraction of sp³-hybridized carbons (Fsp3) is 0.410. The number of likely N-dealkylation sites (tertiary alicyclic amines) is 1. The Kier molecular flexibility index (Phi) is 12.2. The van der Waals surface area contributed by atoms with E-state index in [2.05, 4.69) is 66.6 Å². The second-order valence-corrected chi connectivity index (χ2v) is 14.5. The maximum Gasteiger partial charge on any atom is 0.490 e. The number of nitrogens with one attached hydrogen (secondary N) is 2. The predicted molar refractivity (Wildman–Crippen MR) is 197 cm³/mol. The minimum atomic E-state index is -5.08. The summed E-state index contributed by atoms with van der Waals surface area (Å²) >= 11 is 6.42. The SMILES string of the molecule is Cc1ccc(C2CCN(C(=O)NC(C(=O)N3C[C@@H](CN(C)C)Cc4cc(Cl)ccc43)C(C)c3c[nH]c4ccccc34)CC2)cc1.O=C(O)C(F)(F)F. The highest BCUT2D eigenvalue weighted by Crippen LogP contribution is 2.36. The molecule has 3 aromatic carbocycles. The van der Waals surface area contributed by atoms with Crippen LogP contribution in [0.1, 0.15) is 53.9 Å². The Morgan fingerprint density at radius 3 is 2.33 bits per heavy atom. The number of nitrogens with zero attached hydrogens (tertiary/aromatic N) is 3. The molecular weight excluding hydrogens is 695 g/mol. The van der Waals surface area contributed by atoms with E-state index in [4.69, 9.17) is 21.5 Å².